The third-order valence-corrected chi connectivity index (χ3v) is 8.07. The molecule has 0 aliphatic rings. The van der Waals surface area contributed by atoms with Gasteiger partial charge in [0, 0.05) is 25.7 Å². The van der Waals surface area contributed by atoms with Crippen LogP contribution in [0.2, 0.25) is 0 Å². The van der Waals surface area contributed by atoms with Crippen molar-refractivity contribution in [3.05, 3.63) is 0 Å². The largest absolute Gasteiger partial charge is 0.465 e. The maximum Gasteiger partial charge on any atom is 0.306 e. The molecule has 0 saturated heterocycles. The Morgan fingerprint density at radius 3 is 0.848 bits per heavy atom. The van der Waals surface area contributed by atoms with Crippen LogP contribution >= 0.6 is 0 Å². The molecule has 0 amide bonds. The van der Waals surface area contributed by atoms with Crippen LogP contribution in [0.3, 0.4) is 0 Å². The third kappa shape index (κ3) is 78.0. The number of unbranched alkanes of at least 4 members (excludes halogenated alkanes) is 4. The Morgan fingerprint density at radius 2 is 0.606 bits per heavy atom. The predicted molar refractivity (Wildman–Crippen MR) is 272 cm³/mol. The fourth-order valence-corrected chi connectivity index (χ4v) is 3.86. The zero-order valence-electron chi connectivity index (χ0n) is 47.1. The first kappa shape index (κ1) is 74.4. The highest BCUT2D eigenvalue weighted by molar-refractivity contribution is 5.71. The lowest BCUT2D eigenvalue weighted by Crippen LogP contribution is -2.19. The quantitative estimate of drug-likeness (QED) is 0.0485. The van der Waals surface area contributed by atoms with E-state index in [-0.39, 0.29) is 46.6 Å². The minimum absolute atomic E-state index is 0.0322. The number of esters is 6. The van der Waals surface area contributed by atoms with Gasteiger partial charge in [-0.15, -0.1) is 0 Å². The van der Waals surface area contributed by atoms with Gasteiger partial charge in [0.1, 0.15) is 0 Å². The maximum atomic E-state index is 11.3. The zero-order chi connectivity index (χ0) is 52.9. The second kappa shape index (κ2) is 48.3. The standard InChI is InChI=1S/C12H24O2.C11H22O2.C10H20O2.3C7H14O2/c1-4-5-6-7-8-9-12(13)14-10-11(2)3;1-6-11(4,5)7-10(12)13-8-9(2)3;1-8(2)7-12-9(11)6-10(3,4)5;3*1-4-7(8)9-5-6(2)3/h11H,4-10H2,1-3H3;9H,6-8H2,1-5H3;8H,6-7H2,1-5H3;3*6H,4-5H2,1-3H3. The molecular weight excluding hydrogens is 841 g/mol. The van der Waals surface area contributed by atoms with Crippen molar-refractivity contribution in [1.82, 2.24) is 0 Å². The number of rotatable bonds is 25. The Balaban J connectivity index is -0.000000165. The smallest absolute Gasteiger partial charge is 0.306 e. The van der Waals surface area contributed by atoms with Crippen LogP contribution in [0, 0.1) is 46.3 Å². The van der Waals surface area contributed by atoms with E-state index in [0.29, 0.717) is 114 Å². The lowest BCUT2D eigenvalue weighted by atomic mass is 9.87. The molecule has 0 aromatic heterocycles. The summed E-state index contributed by atoms with van der Waals surface area (Å²) in [7, 11) is 0. The van der Waals surface area contributed by atoms with Crippen molar-refractivity contribution in [2.45, 2.75) is 229 Å². The topological polar surface area (TPSA) is 158 Å². The Morgan fingerprint density at radius 1 is 0.348 bits per heavy atom. The summed E-state index contributed by atoms with van der Waals surface area (Å²) in [5.41, 5.74) is 0.113. The Labute approximate surface area is 407 Å². The van der Waals surface area contributed by atoms with Gasteiger partial charge in [-0.05, 0) is 52.8 Å². The molecule has 66 heavy (non-hydrogen) atoms. The van der Waals surface area contributed by atoms with Crippen LogP contribution in [0.4, 0.5) is 0 Å². The van der Waals surface area contributed by atoms with Crippen LogP contribution in [-0.2, 0) is 57.2 Å². The van der Waals surface area contributed by atoms with Gasteiger partial charge in [0.25, 0.3) is 0 Å². The Hall–Kier alpha value is -3.18. The summed E-state index contributed by atoms with van der Waals surface area (Å²) in [4.78, 5) is 65.1. The Kier molecular flexibility index (Phi) is 54.4. The molecule has 0 aromatic rings. The summed E-state index contributed by atoms with van der Waals surface area (Å²) in [6, 6.07) is 0. The second-order valence-corrected chi connectivity index (χ2v) is 21.1. The molecule has 0 N–H and O–H groups in total. The first-order valence-electron chi connectivity index (χ1n) is 25.3. The van der Waals surface area contributed by atoms with E-state index in [2.05, 4.69) is 41.5 Å². The highest BCUT2D eigenvalue weighted by Crippen LogP contribution is 2.24. The molecule has 0 aliphatic carbocycles. The predicted octanol–water partition coefficient (Wildman–Crippen LogP) is 14.0. The SMILES string of the molecule is CC(C)COC(=O)CC(C)(C)C.CCC(=O)OCC(C)C.CCC(=O)OCC(C)C.CCC(=O)OCC(C)C.CCC(C)(C)CC(=O)OCC(C)C.CCCCCCCC(=O)OCC(C)C. The average molecular weight is 949 g/mol. The van der Waals surface area contributed by atoms with Crippen molar-refractivity contribution in [3.63, 3.8) is 0 Å². The Bertz CT molecular complexity index is 1110. The van der Waals surface area contributed by atoms with E-state index >= 15 is 0 Å². The minimum atomic E-state index is -0.108. The summed E-state index contributed by atoms with van der Waals surface area (Å²) in [6.07, 6.45) is 9.97. The number of hydrogen-bond donors (Lipinski definition) is 0. The fraction of sp³-hybridized carbons (Fsp3) is 0.889. The van der Waals surface area contributed by atoms with Gasteiger partial charge in [0.15, 0.2) is 0 Å². The van der Waals surface area contributed by atoms with Gasteiger partial charge in [-0.1, -0.05) is 184 Å². The van der Waals surface area contributed by atoms with E-state index in [4.69, 9.17) is 28.4 Å². The molecular formula is C54H108O12. The summed E-state index contributed by atoms with van der Waals surface area (Å²) in [6.45, 7) is 47.6. The monoisotopic (exact) mass is 949 g/mol. The average Bonchev–Trinajstić information content (AvgIpc) is 3.21. The molecule has 0 spiro atoms. The number of carbonyl (C=O) groups is 6. The van der Waals surface area contributed by atoms with Gasteiger partial charge < -0.3 is 28.4 Å². The van der Waals surface area contributed by atoms with E-state index in [9.17, 15) is 28.8 Å². The lowest BCUT2D eigenvalue weighted by molar-refractivity contribution is -0.147. The first-order chi connectivity index (χ1) is 30.3. The molecule has 0 aliphatic heterocycles. The van der Waals surface area contributed by atoms with Crippen molar-refractivity contribution in [2.24, 2.45) is 46.3 Å². The molecule has 0 atom stereocenters. The fourth-order valence-electron chi connectivity index (χ4n) is 3.86. The molecule has 12 nitrogen and oxygen atoms in total. The molecule has 0 radical (unpaired) electrons. The second-order valence-electron chi connectivity index (χ2n) is 21.1. The normalized spacial score (nSPS) is 10.7. The molecule has 0 fully saturated rings. The molecule has 0 heterocycles. The van der Waals surface area contributed by atoms with Crippen LogP contribution in [0.1, 0.15) is 229 Å². The number of ether oxygens (including phenoxy) is 6. The van der Waals surface area contributed by atoms with Gasteiger partial charge >= 0.3 is 35.8 Å². The van der Waals surface area contributed by atoms with E-state index in [1.807, 2.05) is 90.0 Å². The van der Waals surface area contributed by atoms with Gasteiger partial charge in [-0.25, -0.2) is 0 Å². The van der Waals surface area contributed by atoms with Crippen molar-refractivity contribution in [3.8, 4) is 0 Å². The molecule has 396 valence electrons. The van der Waals surface area contributed by atoms with Crippen molar-refractivity contribution >= 4 is 35.8 Å². The van der Waals surface area contributed by atoms with Gasteiger partial charge in [-0.2, -0.15) is 0 Å². The van der Waals surface area contributed by atoms with Gasteiger partial charge in [-0.3, -0.25) is 28.8 Å². The van der Waals surface area contributed by atoms with Crippen LogP contribution in [0.25, 0.3) is 0 Å². The lowest BCUT2D eigenvalue weighted by Gasteiger charge is -2.21. The van der Waals surface area contributed by atoms with Crippen molar-refractivity contribution in [1.29, 1.82) is 0 Å². The van der Waals surface area contributed by atoms with Crippen LogP contribution in [0.5, 0.6) is 0 Å². The van der Waals surface area contributed by atoms with E-state index in [1.165, 1.54) is 19.3 Å². The summed E-state index contributed by atoms with van der Waals surface area (Å²) in [5, 5.41) is 0. The summed E-state index contributed by atoms with van der Waals surface area (Å²) in [5.74, 6) is 2.12. The molecule has 0 rings (SSSR count). The van der Waals surface area contributed by atoms with E-state index < -0.39 is 0 Å². The van der Waals surface area contributed by atoms with Crippen LogP contribution in [-0.4, -0.2) is 75.5 Å². The maximum absolute atomic E-state index is 11.3. The third-order valence-electron chi connectivity index (χ3n) is 8.07. The number of carbonyl (C=O) groups excluding carboxylic acids is 6. The highest BCUT2D eigenvalue weighted by Gasteiger charge is 2.21. The van der Waals surface area contributed by atoms with Crippen molar-refractivity contribution in [2.75, 3.05) is 39.6 Å². The summed E-state index contributed by atoms with van der Waals surface area (Å²) < 4.78 is 29.7. The van der Waals surface area contributed by atoms with Gasteiger partial charge in [0.05, 0.1) is 52.5 Å². The first-order valence-corrected chi connectivity index (χ1v) is 25.3. The highest BCUT2D eigenvalue weighted by atomic mass is 16.6. The summed E-state index contributed by atoms with van der Waals surface area (Å²) >= 11 is 0. The van der Waals surface area contributed by atoms with Gasteiger partial charge in [0.2, 0.25) is 0 Å². The molecule has 0 bridgehead atoms. The molecule has 0 unspecified atom stereocenters. The van der Waals surface area contributed by atoms with E-state index in [0.717, 1.165) is 19.3 Å². The number of hydrogen-bond acceptors (Lipinski definition) is 12. The van der Waals surface area contributed by atoms with Crippen LogP contribution < -0.4 is 0 Å². The minimum Gasteiger partial charge on any atom is -0.465 e. The van der Waals surface area contributed by atoms with Crippen LogP contribution in [0.15, 0.2) is 0 Å². The molecule has 12 heteroatoms. The zero-order valence-corrected chi connectivity index (χ0v) is 47.1. The molecule has 0 saturated carbocycles. The van der Waals surface area contributed by atoms with E-state index in [1.54, 1.807) is 20.8 Å². The molecule has 0 aromatic carbocycles. The van der Waals surface area contributed by atoms with Crippen molar-refractivity contribution < 1.29 is 57.2 Å².